The molecule has 0 heterocycles. The Bertz CT molecular complexity index is 456. The summed E-state index contributed by atoms with van der Waals surface area (Å²) in [5.41, 5.74) is -0.00106. The number of nitrogens with one attached hydrogen (secondary N) is 1. The third-order valence-corrected chi connectivity index (χ3v) is 2.47. The highest BCUT2D eigenvalue weighted by Gasteiger charge is 2.18. The molecule has 17 heavy (non-hydrogen) atoms. The second-order valence-corrected chi connectivity index (χ2v) is 4.02. The third-order valence-electron chi connectivity index (χ3n) is 2.24. The van der Waals surface area contributed by atoms with Crippen LogP contribution in [0.25, 0.3) is 0 Å². The average Bonchev–Trinajstić information content (AvgIpc) is 2.30. The summed E-state index contributed by atoms with van der Waals surface area (Å²) in [6.45, 7) is 1.87. The Balaban J connectivity index is 2.80. The van der Waals surface area contributed by atoms with E-state index in [4.69, 9.17) is 16.9 Å². The molecule has 0 radical (unpaired) electrons. The number of amides is 1. The van der Waals surface area contributed by atoms with Crippen molar-refractivity contribution in [3.05, 3.63) is 29.0 Å². The number of hydrogen-bond acceptors (Lipinski definition) is 2. The summed E-state index contributed by atoms with van der Waals surface area (Å²) in [6.07, 6.45) is 1.16. The Morgan fingerprint density at radius 3 is 2.94 bits per heavy atom. The van der Waals surface area contributed by atoms with Gasteiger partial charge in [0, 0.05) is 5.02 Å². The smallest absolute Gasteiger partial charge is 0.241 e. The maximum absolute atomic E-state index is 13.3. The fourth-order valence-electron chi connectivity index (χ4n) is 1.36. The molecule has 1 aromatic rings. The van der Waals surface area contributed by atoms with Crippen LogP contribution in [-0.2, 0) is 4.79 Å². The lowest BCUT2D eigenvalue weighted by Gasteiger charge is -2.10. The summed E-state index contributed by atoms with van der Waals surface area (Å²) in [5.74, 6) is -1.84. The summed E-state index contributed by atoms with van der Waals surface area (Å²) in [7, 11) is 0. The predicted octanol–water partition coefficient (Wildman–Crippen LogP) is 3.36. The Labute approximate surface area is 104 Å². The second-order valence-electron chi connectivity index (χ2n) is 3.58. The van der Waals surface area contributed by atoms with Crippen LogP contribution in [0.5, 0.6) is 0 Å². The van der Waals surface area contributed by atoms with Crippen molar-refractivity contribution in [3.8, 4) is 6.07 Å². The molecule has 0 saturated carbocycles. The molecular weight excluding hydrogens is 243 g/mol. The van der Waals surface area contributed by atoms with Gasteiger partial charge in [-0.05, 0) is 24.6 Å². The zero-order valence-electron chi connectivity index (χ0n) is 9.34. The lowest BCUT2D eigenvalue weighted by atomic mass is 10.0. The highest BCUT2D eigenvalue weighted by Crippen LogP contribution is 2.20. The summed E-state index contributed by atoms with van der Waals surface area (Å²) in [4.78, 5) is 11.7. The van der Waals surface area contributed by atoms with Crippen LogP contribution in [0.15, 0.2) is 18.2 Å². The number of hydrogen-bond donors (Lipinski definition) is 1. The molecule has 5 heteroatoms. The van der Waals surface area contributed by atoms with Gasteiger partial charge in [-0.3, -0.25) is 4.79 Å². The van der Waals surface area contributed by atoms with Crippen molar-refractivity contribution in [3.63, 3.8) is 0 Å². The first-order chi connectivity index (χ1) is 8.08. The topological polar surface area (TPSA) is 52.9 Å². The number of anilines is 1. The number of halogens is 2. The van der Waals surface area contributed by atoms with Gasteiger partial charge in [0.15, 0.2) is 0 Å². The van der Waals surface area contributed by atoms with Crippen molar-refractivity contribution in [2.75, 3.05) is 5.32 Å². The first-order valence-electron chi connectivity index (χ1n) is 5.24. The molecule has 1 unspecified atom stereocenters. The van der Waals surface area contributed by atoms with Gasteiger partial charge in [-0.25, -0.2) is 4.39 Å². The van der Waals surface area contributed by atoms with Gasteiger partial charge < -0.3 is 5.32 Å². The number of nitriles is 1. The van der Waals surface area contributed by atoms with Crippen LogP contribution in [0.2, 0.25) is 5.02 Å². The molecule has 0 aliphatic rings. The van der Waals surface area contributed by atoms with Crippen molar-refractivity contribution in [2.45, 2.75) is 19.8 Å². The van der Waals surface area contributed by atoms with E-state index in [9.17, 15) is 9.18 Å². The van der Waals surface area contributed by atoms with Gasteiger partial charge in [0.1, 0.15) is 11.7 Å². The molecule has 0 spiro atoms. The van der Waals surface area contributed by atoms with Crippen LogP contribution in [0, 0.1) is 23.1 Å². The number of carbonyl (C=O) groups is 1. The first-order valence-corrected chi connectivity index (χ1v) is 5.61. The van der Waals surface area contributed by atoms with Gasteiger partial charge in [0.05, 0.1) is 11.8 Å². The number of benzene rings is 1. The molecule has 1 atom stereocenters. The van der Waals surface area contributed by atoms with Crippen molar-refractivity contribution < 1.29 is 9.18 Å². The summed E-state index contributed by atoms with van der Waals surface area (Å²) < 4.78 is 13.3. The minimum absolute atomic E-state index is 0.00106. The summed E-state index contributed by atoms with van der Waals surface area (Å²) in [6, 6.07) is 5.76. The minimum atomic E-state index is -0.765. The van der Waals surface area contributed by atoms with E-state index in [-0.39, 0.29) is 5.69 Å². The number of carbonyl (C=O) groups excluding carboxylic acids is 1. The van der Waals surface area contributed by atoms with E-state index in [1.165, 1.54) is 18.2 Å². The Kier molecular flexibility index (Phi) is 4.92. The molecular formula is C12H12ClFN2O. The SMILES string of the molecule is CCCC(C#N)C(=O)Nc1cc(Cl)ccc1F. The fourth-order valence-corrected chi connectivity index (χ4v) is 1.53. The number of nitrogens with zero attached hydrogens (tertiary/aromatic N) is 1. The van der Waals surface area contributed by atoms with Gasteiger partial charge in [0.25, 0.3) is 0 Å². The summed E-state index contributed by atoms with van der Waals surface area (Å²) in [5, 5.41) is 11.5. The molecule has 0 aliphatic carbocycles. The van der Waals surface area contributed by atoms with Gasteiger partial charge in [-0.2, -0.15) is 5.26 Å². The normalized spacial score (nSPS) is 11.6. The molecule has 1 amide bonds. The Hall–Kier alpha value is -1.60. The molecule has 0 aliphatic heterocycles. The molecule has 0 bridgehead atoms. The maximum atomic E-state index is 13.3. The third kappa shape index (κ3) is 3.72. The largest absolute Gasteiger partial charge is 0.322 e. The van der Waals surface area contributed by atoms with Crippen molar-refractivity contribution >= 4 is 23.2 Å². The standard InChI is InChI=1S/C12H12ClFN2O/c1-2-3-8(7-15)12(17)16-11-6-9(13)4-5-10(11)14/h4-6,8H,2-3H2,1H3,(H,16,17). The van der Waals surface area contributed by atoms with E-state index >= 15 is 0 Å². The van der Waals surface area contributed by atoms with Gasteiger partial charge in [-0.15, -0.1) is 0 Å². The van der Waals surface area contributed by atoms with Crippen LogP contribution < -0.4 is 5.32 Å². The quantitative estimate of drug-likeness (QED) is 0.896. The lowest BCUT2D eigenvalue weighted by Crippen LogP contribution is -2.22. The molecule has 0 fully saturated rings. The van der Waals surface area contributed by atoms with E-state index in [1.54, 1.807) is 0 Å². The van der Waals surface area contributed by atoms with E-state index in [0.717, 1.165) is 0 Å². The van der Waals surface area contributed by atoms with E-state index in [0.29, 0.717) is 17.9 Å². The molecule has 0 saturated heterocycles. The Morgan fingerprint density at radius 2 is 2.35 bits per heavy atom. The zero-order chi connectivity index (χ0) is 12.8. The Morgan fingerprint density at radius 1 is 1.65 bits per heavy atom. The molecule has 1 aromatic carbocycles. The van der Waals surface area contributed by atoms with Gasteiger partial charge >= 0.3 is 0 Å². The van der Waals surface area contributed by atoms with Gasteiger partial charge in [0.2, 0.25) is 5.91 Å². The van der Waals surface area contributed by atoms with Crippen LogP contribution in [-0.4, -0.2) is 5.91 Å². The highest BCUT2D eigenvalue weighted by molar-refractivity contribution is 6.30. The van der Waals surface area contributed by atoms with E-state index in [2.05, 4.69) is 5.32 Å². The highest BCUT2D eigenvalue weighted by atomic mass is 35.5. The van der Waals surface area contributed by atoms with Crippen molar-refractivity contribution in [1.82, 2.24) is 0 Å². The number of rotatable bonds is 4. The molecule has 0 aromatic heterocycles. The first kappa shape index (κ1) is 13.5. The molecule has 1 rings (SSSR count). The van der Waals surface area contributed by atoms with Gasteiger partial charge in [-0.1, -0.05) is 24.9 Å². The van der Waals surface area contributed by atoms with Crippen LogP contribution >= 0.6 is 11.6 Å². The molecule has 90 valence electrons. The average molecular weight is 255 g/mol. The van der Waals surface area contributed by atoms with Crippen LogP contribution in [0.1, 0.15) is 19.8 Å². The van der Waals surface area contributed by atoms with Crippen LogP contribution in [0.4, 0.5) is 10.1 Å². The van der Waals surface area contributed by atoms with E-state index in [1.807, 2.05) is 13.0 Å². The minimum Gasteiger partial charge on any atom is -0.322 e. The zero-order valence-corrected chi connectivity index (χ0v) is 10.1. The lowest BCUT2D eigenvalue weighted by molar-refractivity contribution is -0.118. The van der Waals surface area contributed by atoms with Crippen LogP contribution in [0.3, 0.4) is 0 Å². The fraction of sp³-hybridized carbons (Fsp3) is 0.333. The molecule has 1 N–H and O–H groups in total. The second kappa shape index (κ2) is 6.21. The van der Waals surface area contributed by atoms with Crippen molar-refractivity contribution in [2.24, 2.45) is 5.92 Å². The predicted molar refractivity (Wildman–Crippen MR) is 64.1 cm³/mol. The maximum Gasteiger partial charge on any atom is 0.241 e. The van der Waals surface area contributed by atoms with Crippen molar-refractivity contribution in [1.29, 1.82) is 5.26 Å². The monoisotopic (exact) mass is 254 g/mol. The molecule has 3 nitrogen and oxygen atoms in total. The summed E-state index contributed by atoms with van der Waals surface area (Å²) >= 11 is 5.69. The van der Waals surface area contributed by atoms with E-state index < -0.39 is 17.6 Å².